The topological polar surface area (TPSA) is 41.8 Å². The molecule has 0 aliphatic heterocycles. The Kier molecular flexibility index (Phi) is 4.00. The highest BCUT2D eigenvalue weighted by atomic mass is 35.5. The molecular weight excluding hydrogens is 245 g/mol. The second-order valence-corrected chi connectivity index (χ2v) is 3.23. The minimum Gasteiger partial charge on any atom is -0.287 e. The number of alkyl halides is 3. The average Bonchev–Trinajstić information content (AvgIpc) is 2.19. The van der Waals surface area contributed by atoms with Gasteiger partial charge < -0.3 is 0 Å². The Hall–Kier alpha value is -1.43. The minimum absolute atomic E-state index is 0.333. The quantitative estimate of drug-likeness (QED) is 0.756. The molecule has 1 aromatic rings. The van der Waals surface area contributed by atoms with E-state index in [4.69, 9.17) is 11.6 Å². The van der Waals surface area contributed by atoms with Crippen molar-refractivity contribution < 1.29 is 18.0 Å². The standard InChI is InChI=1S/C9H6ClF3N2O/c10-6-1-3-7(4-2-6)15-14-5-8(16)9(11,12)13/h1-4H,5H2. The van der Waals surface area contributed by atoms with Gasteiger partial charge in [0.15, 0.2) is 0 Å². The first kappa shape index (κ1) is 12.6. The molecule has 0 atom stereocenters. The van der Waals surface area contributed by atoms with Gasteiger partial charge in [-0.1, -0.05) is 11.6 Å². The summed E-state index contributed by atoms with van der Waals surface area (Å²) < 4.78 is 35.3. The van der Waals surface area contributed by atoms with Crippen molar-refractivity contribution in [3.8, 4) is 0 Å². The van der Waals surface area contributed by atoms with Crippen LogP contribution in [0.25, 0.3) is 0 Å². The lowest BCUT2D eigenvalue weighted by molar-refractivity contribution is -0.169. The Morgan fingerprint density at radius 2 is 1.81 bits per heavy atom. The number of Topliss-reactive ketones (excluding diaryl/α,β-unsaturated/α-hetero) is 1. The summed E-state index contributed by atoms with van der Waals surface area (Å²) in [6.07, 6.45) is -4.86. The molecule has 16 heavy (non-hydrogen) atoms. The second-order valence-electron chi connectivity index (χ2n) is 2.80. The van der Waals surface area contributed by atoms with Gasteiger partial charge in [0.2, 0.25) is 0 Å². The van der Waals surface area contributed by atoms with Gasteiger partial charge in [0.25, 0.3) is 5.78 Å². The maximum absolute atomic E-state index is 11.8. The molecule has 0 aliphatic carbocycles. The largest absolute Gasteiger partial charge is 0.452 e. The molecule has 0 amide bonds. The molecule has 0 saturated carbocycles. The van der Waals surface area contributed by atoms with Crippen LogP contribution >= 0.6 is 11.6 Å². The average molecular weight is 251 g/mol. The summed E-state index contributed by atoms with van der Waals surface area (Å²) in [5, 5.41) is 7.07. The first-order chi connectivity index (χ1) is 7.39. The van der Waals surface area contributed by atoms with Gasteiger partial charge in [-0.2, -0.15) is 23.4 Å². The van der Waals surface area contributed by atoms with E-state index in [0.29, 0.717) is 10.7 Å². The summed E-state index contributed by atoms with van der Waals surface area (Å²) in [6.45, 7) is -1.01. The van der Waals surface area contributed by atoms with Crippen molar-refractivity contribution in [2.75, 3.05) is 6.54 Å². The number of azo groups is 1. The predicted molar refractivity (Wildman–Crippen MR) is 51.9 cm³/mol. The molecule has 0 heterocycles. The number of halogens is 4. The highest BCUT2D eigenvalue weighted by molar-refractivity contribution is 6.30. The maximum atomic E-state index is 11.8. The summed E-state index contributed by atoms with van der Waals surface area (Å²) in [4.78, 5) is 10.4. The van der Waals surface area contributed by atoms with Crippen molar-refractivity contribution in [2.24, 2.45) is 10.2 Å². The molecule has 0 fully saturated rings. The molecular formula is C9H6ClF3N2O. The zero-order valence-corrected chi connectivity index (χ0v) is 8.59. The molecule has 3 nitrogen and oxygen atoms in total. The molecule has 7 heteroatoms. The summed E-state index contributed by atoms with van der Waals surface area (Å²) in [5.41, 5.74) is 0.333. The van der Waals surface area contributed by atoms with Crippen molar-refractivity contribution in [3.63, 3.8) is 0 Å². The molecule has 1 rings (SSSR count). The van der Waals surface area contributed by atoms with Crippen LogP contribution in [0, 0.1) is 0 Å². The third kappa shape index (κ3) is 3.98. The van der Waals surface area contributed by atoms with Gasteiger partial charge in [0.1, 0.15) is 6.54 Å². The lowest BCUT2D eigenvalue weighted by Crippen LogP contribution is -2.24. The SMILES string of the molecule is O=C(CN=Nc1ccc(Cl)cc1)C(F)(F)F. The predicted octanol–water partition coefficient (Wildman–Crippen LogP) is 3.56. The Bertz CT molecular complexity index is 400. The Labute approximate surface area is 93.9 Å². The number of carbonyl (C=O) groups is 1. The summed E-state index contributed by atoms with van der Waals surface area (Å²) in [7, 11) is 0. The van der Waals surface area contributed by atoms with Gasteiger partial charge in [0, 0.05) is 5.02 Å². The van der Waals surface area contributed by atoms with E-state index in [1.165, 1.54) is 24.3 Å². The van der Waals surface area contributed by atoms with Crippen molar-refractivity contribution in [1.82, 2.24) is 0 Å². The number of hydrogen-bond acceptors (Lipinski definition) is 3. The van der Waals surface area contributed by atoms with Crippen molar-refractivity contribution in [1.29, 1.82) is 0 Å². The third-order valence-electron chi connectivity index (χ3n) is 1.54. The fourth-order valence-electron chi connectivity index (χ4n) is 0.779. The van der Waals surface area contributed by atoms with E-state index < -0.39 is 18.5 Å². The third-order valence-corrected chi connectivity index (χ3v) is 1.80. The smallest absolute Gasteiger partial charge is 0.287 e. The highest BCUT2D eigenvalue weighted by Crippen LogP contribution is 2.18. The first-order valence-corrected chi connectivity index (χ1v) is 4.50. The van der Waals surface area contributed by atoms with Gasteiger partial charge in [-0.25, -0.2) is 0 Å². The number of ketones is 1. The van der Waals surface area contributed by atoms with Crippen LogP contribution in [0.15, 0.2) is 34.5 Å². The molecule has 86 valence electrons. The normalized spacial score (nSPS) is 12.0. The van der Waals surface area contributed by atoms with Gasteiger partial charge in [-0.05, 0) is 24.3 Å². The first-order valence-electron chi connectivity index (χ1n) is 4.12. The fraction of sp³-hybridized carbons (Fsp3) is 0.222. The summed E-state index contributed by atoms with van der Waals surface area (Å²) >= 11 is 5.58. The van der Waals surface area contributed by atoms with Crippen molar-refractivity contribution in [2.45, 2.75) is 6.18 Å². The van der Waals surface area contributed by atoms with E-state index >= 15 is 0 Å². The molecule has 0 saturated heterocycles. The van der Waals surface area contributed by atoms with Crippen LogP contribution in [0.2, 0.25) is 5.02 Å². The Morgan fingerprint density at radius 1 is 1.25 bits per heavy atom. The molecule has 0 aliphatic rings. The minimum atomic E-state index is -4.86. The zero-order chi connectivity index (χ0) is 12.2. The van der Waals surface area contributed by atoms with E-state index in [0.717, 1.165) is 0 Å². The van der Waals surface area contributed by atoms with Crippen LogP contribution < -0.4 is 0 Å². The van der Waals surface area contributed by atoms with Crippen molar-refractivity contribution >= 4 is 23.1 Å². The molecule has 0 N–H and O–H groups in total. The lowest BCUT2D eigenvalue weighted by atomic mass is 10.3. The Morgan fingerprint density at radius 3 is 2.31 bits per heavy atom. The van der Waals surface area contributed by atoms with Crippen LogP contribution in [0.1, 0.15) is 0 Å². The summed E-state index contributed by atoms with van der Waals surface area (Å²) in [6, 6.07) is 5.98. The monoisotopic (exact) mass is 250 g/mol. The van der Waals surface area contributed by atoms with Crippen LogP contribution in [-0.4, -0.2) is 18.5 Å². The number of rotatable bonds is 3. The van der Waals surface area contributed by atoms with Crippen molar-refractivity contribution in [3.05, 3.63) is 29.3 Å². The van der Waals surface area contributed by atoms with Gasteiger partial charge in [-0.15, -0.1) is 0 Å². The molecule has 1 aromatic carbocycles. The molecule has 0 radical (unpaired) electrons. The van der Waals surface area contributed by atoms with Gasteiger partial charge >= 0.3 is 6.18 Å². The van der Waals surface area contributed by atoms with E-state index in [1.807, 2.05) is 0 Å². The van der Waals surface area contributed by atoms with E-state index in [1.54, 1.807) is 0 Å². The lowest BCUT2D eigenvalue weighted by Gasteiger charge is -2.00. The second kappa shape index (κ2) is 5.07. The number of carbonyl (C=O) groups excluding carboxylic acids is 1. The fourth-order valence-corrected chi connectivity index (χ4v) is 0.905. The number of nitrogens with zero attached hydrogens (tertiary/aromatic N) is 2. The van der Waals surface area contributed by atoms with E-state index in [9.17, 15) is 18.0 Å². The van der Waals surface area contributed by atoms with Crippen LogP contribution in [0.4, 0.5) is 18.9 Å². The highest BCUT2D eigenvalue weighted by Gasteiger charge is 2.37. The van der Waals surface area contributed by atoms with Gasteiger partial charge in [-0.3, -0.25) is 4.79 Å². The van der Waals surface area contributed by atoms with E-state index in [2.05, 4.69) is 10.2 Å². The van der Waals surface area contributed by atoms with Crippen LogP contribution in [0.3, 0.4) is 0 Å². The number of benzene rings is 1. The number of hydrogen-bond donors (Lipinski definition) is 0. The Balaban J connectivity index is 2.56. The molecule has 0 bridgehead atoms. The molecule has 0 aromatic heterocycles. The molecule has 0 unspecified atom stereocenters. The summed E-state index contributed by atoms with van der Waals surface area (Å²) in [5.74, 6) is -1.93. The van der Waals surface area contributed by atoms with Gasteiger partial charge in [0.05, 0.1) is 5.69 Å². The zero-order valence-electron chi connectivity index (χ0n) is 7.83. The maximum Gasteiger partial charge on any atom is 0.452 e. The molecule has 0 spiro atoms. The van der Waals surface area contributed by atoms with E-state index in [-0.39, 0.29) is 0 Å². The van der Waals surface area contributed by atoms with Crippen LogP contribution in [-0.2, 0) is 4.79 Å². The van der Waals surface area contributed by atoms with Crippen LogP contribution in [0.5, 0.6) is 0 Å².